The van der Waals surface area contributed by atoms with Crippen LogP contribution in [0.3, 0.4) is 0 Å². The van der Waals surface area contributed by atoms with E-state index >= 15 is 0 Å². The second kappa shape index (κ2) is 5.75. The number of carboxylic acids is 1. The molecule has 1 aromatic carbocycles. The molecule has 0 saturated carbocycles. The summed E-state index contributed by atoms with van der Waals surface area (Å²) in [7, 11) is 0. The minimum Gasteiger partial charge on any atom is -0.478 e. The van der Waals surface area contributed by atoms with Gasteiger partial charge in [0.1, 0.15) is 0 Å². The number of carbonyl (C=O) groups is 1. The lowest BCUT2D eigenvalue weighted by molar-refractivity contribution is 0.0698. The highest BCUT2D eigenvalue weighted by Gasteiger charge is 2.12. The highest BCUT2D eigenvalue weighted by Crippen LogP contribution is 2.25. The van der Waals surface area contributed by atoms with Gasteiger partial charge in [-0.1, -0.05) is 13.0 Å². The molecule has 0 bridgehead atoms. The van der Waals surface area contributed by atoms with E-state index in [1.807, 2.05) is 0 Å². The van der Waals surface area contributed by atoms with Crippen molar-refractivity contribution in [3.63, 3.8) is 0 Å². The van der Waals surface area contributed by atoms with Gasteiger partial charge in [0, 0.05) is 16.3 Å². The number of anilines is 2. The lowest BCUT2D eigenvalue weighted by Gasteiger charge is -2.11. The Morgan fingerprint density at radius 3 is 2.68 bits per heavy atom. The molecule has 19 heavy (non-hydrogen) atoms. The average Bonchev–Trinajstić information content (AvgIpc) is 2.85. The normalized spacial score (nSPS) is 10.4. The second-order valence-electron chi connectivity index (χ2n) is 4.15. The van der Waals surface area contributed by atoms with E-state index < -0.39 is 5.97 Å². The highest BCUT2D eigenvalue weighted by atomic mass is 32.1. The van der Waals surface area contributed by atoms with E-state index in [1.165, 1.54) is 4.88 Å². The SMILES string of the molecule is CCc1ccc(CNc2c(N)cccc2C(=O)O)s1. The third-order valence-corrected chi connectivity index (χ3v) is 4.06. The van der Waals surface area contributed by atoms with Gasteiger partial charge in [-0.2, -0.15) is 0 Å². The molecule has 0 unspecified atom stereocenters. The van der Waals surface area contributed by atoms with Crippen LogP contribution in [0.4, 0.5) is 11.4 Å². The van der Waals surface area contributed by atoms with Gasteiger partial charge in [-0.25, -0.2) is 4.79 Å². The first-order valence-corrected chi connectivity index (χ1v) is 6.86. The fraction of sp³-hybridized carbons (Fsp3) is 0.214. The number of hydrogen-bond acceptors (Lipinski definition) is 4. The van der Waals surface area contributed by atoms with Crippen molar-refractivity contribution in [2.45, 2.75) is 19.9 Å². The van der Waals surface area contributed by atoms with Crippen LogP contribution in [-0.4, -0.2) is 11.1 Å². The number of thiophene rings is 1. The monoisotopic (exact) mass is 276 g/mol. The van der Waals surface area contributed by atoms with E-state index in [-0.39, 0.29) is 5.56 Å². The number of nitrogens with one attached hydrogen (secondary N) is 1. The van der Waals surface area contributed by atoms with Crippen LogP contribution in [0, 0.1) is 0 Å². The molecule has 1 aromatic heterocycles. The molecule has 1 heterocycles. The lowest BCUT2D eigenvalue weighted by Crippen LogP contribution is -2.08. The Labute approximate surface area is 115 Å². The number of nitrogen functional groups attached to an aromatic ring is 1. The molecule has 0 fully saturated rings. The number of hydrogen-bond donors (Lipinski definition) is 3. The summed E-state index contributed by atoms with van der Waals surface area (Å²) in [5, 5.41) is 12.3. The first-order chi connectivity index (χ1) is 9.11. The molecule has 5 heteroatoms. The van der Waals surface area contributed by atoms with E-state index in [9.17, 15) is 4.79 Å². The quantitative estimate of drug-likeness (QED) is 0.733. The van der Waals surface area contributed by atoms with Crippen molar-refractivity contribution in [1.82, 2.24) is 0 Å². The van der Waals surface area contributed by atoms with Gasteiger partial charge in [-0.3, -0.25) is 0 Å². The van der Waals surface area contributed by atoms with Crippen LogP contribution in [0.25, 0.3) is 0 Å². The Kier molecular flexibility index (Phi) is 4.06. The fourth-order valence-electron chi connectivity index (χ4n) is 1.83. The minimum absolute atomic E-state index is 0.201. The van der Waals surface area contributed by atoms with Crippen LogP contribution in [0.15, 0.2) is 30.3 Å². The van der Waals surface area contributed by atoms with Crippen LogP contribution in [-0.2, 0) is 13.0 Å². The van der Waals surface area contributed by atoms with E-state index in [0.717, 1.165) is 11.3 Å². The predicted octanol–water partition coefficient (Wildman–Crippen LogP) is 3.20. The molecule has 4 nitrogen and oxygen atoms in total. The Morgan fingerprint density at radius 1 is 1.32 bits per heavy atom. The van der Waals surface area contributed by atoms with Gasteiger partial charge in [0.15, 0.2) is 0 Å². The molecule has 0 spiro atoms. The smallest absolute Gasteiger partial charge is 0.337 e. The summed E-state index contributed by atoms with van der Waals surface area (Å²) in [5.41, 5.74) is 6.97. The Bertz CT molecular complexity index is 593. The molecule has 0 saturated heterocycles. The predicted molar refractivity (Wildman–Crippen MR) is 78.8 cm³/mol. The maximum atomic E-state index is 11.1. The number of aromatic carboxylic acids is 1. The largest absolute Gasteiger partial charge is 0.478 e. The number of aryl methyl sites for hydroxylation is 1. The number of para-hydroxylation sites is 1. The van der Waals surface area contributed by atoms with Gasteiger partial charge >= 0.3 is 5.97 Å². The number of carboxylic acid groups (broad SMARTS) is 1. The van der Waals surface area contributed by atoms with Crippen molar-refractivity contribution in [1.29, 1.82) is 0 Å². The molecule has 0 atom stereocenters. The lowest BCUT2D eigenvalue weighted by atomic mass is 10.1. The van der Waals surface area contributed by atoms with E-state index in [4.69, 9.17) is 10.8 Å². The summed E-state index contributed by atoms with van der Waals surface area (Å²) in [6.45, 7) is 2.69. The molecule has 2 rings (SSSR count). The van der Waals surface area contributed by atoms with Crippen LogP contribution in [0.5, 0.6) is 0 Å². The van der Waals surface area contributed by atoms with Crippen LogP contribution >= 0.6 is 11.3 Å². The maximum Gasteiger partial charge on any atom is 0.337 e. The first-order valence-electron chi connectivity index (χ1n) is 6.05. The maximum absolute atomic E-state index is 11.1. The van der Waals surface area contributed by atoms with Gasteiger partial charge in [0.05, 0.1) is 16.9 Å². The van der Waals surface area contributed by atoms with Crippen molar-refractivity contribution < 1.29 is 9.90 Å². The van der Waals surface area contributed by atoms with Crippen LogP contribution in [0.2, 0.25) is 0 Å². The molecule has 0 amide bonds. The summed E-state index contributed by atoms with van der Waals surface area (Å²) >= 11 is 1.72. The highest BCUT2D eigenvalue weighted by molar-refractivity contribution is 7.12. The van der Waals surface area contributed by atoms with Gasteiger partial charge in [-0.05, 0) is 30.7 Å². The summed E-state index contributed by atoms with van der Waals surface area (Å²) in [4.78, 5) is 13.6. The minimum atomic E-state index is -0.977. The molecule has 0 aliphatic carbocycles. The molecule has 4 N–H and O–H groups in total. The topological polar surface area (TPSA) is 75.3 Å². The van der Waals surface area contributed by atoms with Gasteiger partial charge in [0.25, 0.3) is 0 Å². The summed E-state index contributed by atoms with van der Waals surface area (Å²) < 4.78 is 0. The third kappa shape index (κ3) is 3.06. The van der Waals surface area contributed by atoms with Crippen molar-refractivity contribution in [2.24, 2.45) is 0 Å². The summed E-state index contributed by atoms with van der Waals surface area (Å²) in [6, 6.07) is 9.03. The van der Waals surface area contributed by atoms with Gasteiger partial charge < -0.3 is 16.2 Å². The first kappa shape index (κ1) is 13.4. The van der Waals surface area contributed by atoms with E-state index in [2.05, 4.69) is 24.4 Å². The number of benzene rings is 1. The van der Waals surface area contributed by atoms with E-state index in [0.29, 0.717) is 17.9 Å². The summed E-state index contributed by atoms with van der Waals surface area (Å²) in [6.07, 6.45) is 1.01. The molecule has 0 aliphatic rings. The zero-order chi connectivity index (χ0) is 13.8. The Balaban J connectivity index is 2.17. The van der Waals surface area contributed by atoms with E-state index in [1.54, 1.807) is 29.5 Å². The fourth-order valence-corrected chi connectivity index (χ4v) is 2.73. The third-order valence-electron chi connectivity index (χ3n) is 2.83. The molecule has 0 radical (unpaired) electrons. The van der Waals surface area contributed by atoms with Crippen LogP contribution < -0.4 is 11.1 Å². The molecular weight excluding hydrogens is 260 g/mol. The standard InChI is InChI=1S/C14H16N2O2S/c1-2-9-6-7-10(19-9)8-16-13-11(14(17)18)4-3-5-12(13)15/h3-7,16H,2,8,15H2,1H3,(H,17,18). The Hall–Kier alpha value is -2.01. The van der Waals surface area contributed by atoms with Gasteiger partial charge in [-0.15, -0.1) is 11.3 Å². The molecule has 2 aromatic rings. The number of rotatable bonds is 5. The zero-order valence-corrected chi connectivity index (χ0v) is 11.5. The van der Waals surface area contributed by atoms with Gasteiger partial charge in [0.2, 0.25) is 0 Å². The van der Waals surface area contributed by atoms with Crippen molar-refractivity contribution >= 4 is 28.7 Å². The van der Waals surface area contributed by atoms with Crippen LogP contribution in [0.1, 0.15) is 27.0 Å². The molecular formula is C14H16N2O2S. The Morgan fingerprint density at radius 2 is 2.05 bits per heavy atom. The van der Waals surface area contributed by atoms with Crippen molar-refractivity contribution in [3.05, 3.63) is 45.6 Å². The van der Waals surface area contributed by atoms with Crippen molar-refractivity contribution in [3.8, 4) is 0 Å². The number of nitrogens with two attached hydrogens (primary N) is 1. The van der Waals surface area contributed by atoms with Crippen molar-refractivity contribution in [2.75, 3.05) is 11.1 Å². The molecule has 100 valence electrons. The average molecular weight is 276 g/mol. The molecule has 0 aliphatic heterocycles. The summed E-state index contributed by atoms with van der Waals surface area (Å²) in [5.74, 6) is -0.977. The zero-order valence-electron chi connectivity index (χ0n) is 10.6. The second-order valence-corrected chi connectivity index (χ2v) is 5.40.